The largest absolute Gasteiger partial charge is 0.396 e. The number of hydrogen-bond donors (Lipinski definition) is 2. The summed E-state index contributed by atoms with van der Waals surface area (Å²) in [6, 6.07) is 8.18. The van der Waals surface area contributed by atoms with Gasteiger partial charge in [-0.3, -0.25) is 4.79 Å². The van der Waals surface area contributed by atoms with Crippen LogP contribution in [0.2, 0.25) is 0 Å². The maximum atomic E-state index is 11.7. The number of carbonyl (C=O) groups is 1. The Bertz CT molecular complexity index is 382. The number of aryl methyl sites for hydroxylation is 2. The van der Waals surface area contributed by atoms with Crippen molar-refractivity contribution in [3.05, 3.63) is 35.4 Å². The highest BCUT2D eigenvalue weighted by Gasteiger charge is 2.03. The number of amides is 1. The molecule has 0 radical (unpaired) electrons. The molecule has 0 fully saturated rings. The van der Waals surface area contributed by atoms with Crippen molar-refractivity contribution >= 4 is 17.7 Å². The molecule has 1 amide bonds. The molecule has 0 aliphatic heterocycles. The standard InChI is InChI=1S/C15H23NO2S/c1-13-5-2-3-6-14(13)7-8-15(18)16-9-12-19-11-4-10-17/h2-3,5-6,17H,4,7-12H2,1H3,(H,16,18). The monoisotopic (exact) mass is 281 g/mol. The smallest absolute Gasteiger partial charge is 0.220 e. The summed E-state index contributed by atoms with van der Waals surface area (Å²) in [4.78, 5) is 11.7. The van der Waals surface area contributed by atoms with Gasteiger partial charge >= 0.3 is 0 Å². The van der Waals surface area contributed by atoms with Gasteiger partial charge in [0.1, 0.15) is 0 Å². The molecule has 0 saturated heterocycles. The van der Waals surface area contributed by atoms with E-state index in [0.717, 1.165) is 24.3 Å². The Kier molecular flexibility index (Phi) is 8.34. The van der Waals surface area contributed by atoms with Crippen LogP contribution in [0, 0.1) is 6.92 Å². The molecule has 4 heteroatoms. The molecule has 0 bridgehead atoms. The predicted octanol–water partition coefficient (Wildman–Crippen LogP) is 2.16. The molecule has 1 aromatic carbocycles. The molecule has 0 unspecified atom stereocenters. The Morgan fingerprint density at radius 3 is 2.84 bits per heavy atom. The van der Waals surface area contributed by atoms with Gasteiger partial charge in [0.2, 0.25) is 5.91 Å². The van der Waals surface area contributed by atoms with Gasteiger partial charge in [0.15, 0.2) is 0 Å². The van der Waals surface area contributed by atoms with Gasteiger partial charge in [0.05, 0.1) is 0 Å². The van der Waals surface area contributed by atoms with Crippen LogP contribution in [-0.2, 0) is 11.2 Å². The van der Waals surface area contributed by atoms with Gasteiger partial charge in [-0.15, -0.1) is 0 Å². The van der Waals surface area contributed by atoms with Crippen LogP contribution in [-0.4, -0.2) is 35.7 Å². The molecule has 0 atom stereocenters. The zero-order valence-corrected chi connectivity index (χ0v) is 12.3. The van der Waals surface area contributed by atoms with Crippen LogP contribution < -0.4 is 5.32 Å². The second-order valence-electron chi connectivity index (χ2n) is 4.47. The Morgan fingerprint density at radius 2 is 2.11 bits per heavy atom. The molecule has 106 valence electrons. The van der Waals surface area contributed by atoms with Gasteiger partial charge in [-0.05, 0) is 36.6 Å². The summed E-state index contributed by atoms with van der Waals surface area (Å²) in [6.45, 7) is 3.03. The Balaban J connectivity index is 2.10. The number of benzene rings is 1. The lowest BCUT2D eigenvalue weighted by atomic mass is 10.0. The van der Waals surface area contributed by atoms with E-state index in [4.69, 9.17) is 5.11 Å². The Labute approximate surface area is 119 Å². The zero-order valence-electron chi connectivity index (χ0n) is 11.5. The first-order valence-corrected chi connectivity index (χ1v) is 7.89. The highest BCUT2D eigenvalue weighted by atomic mass is 32.2. The number of nitrogens with one attached hydrogen (secondary N) is 1. The predicted molar refractivity (Wildman–Crippen MR) is 81.5 cm³/mol. The fraction of sp³-hybridized carbons (Fsp3) is 0.533. The summed E-state index contributed by atoms with van der Waals surface area (Å²) >= 11 is 1.76. The molecule has 1 rings (SSSR count). The molecule has 1 aromatic rings. The van der Waals surface area contributed by atoms with E-state index in [-0.39, 0.29) is 12.5 Å². The summed E-state index contributed by atoms with van der Waals surface area (Å²) in [5.74, 6) is 1.98. The topological polar surface area (TPSA) is 49.3 Å². The van der Waals surface area contributed by atoms with Crippen molar-refractivity contribution in [2.24, 2.45) is 0 Å². The van der Waals surface area contributed by atoms with Gasteiger partial charge in [-0.2, -0.15) is 11.8 Å². The molecule has 0 spiro atoms. The molecule has 0 aromatic heterocycles. The van der Waals surface area contributed by atoms with Crippen LogP contribution in [0.25, 0.3) is 0 Å². The van der Waals surface area contributed by atoms with Gasteiger partial charge in [0, 0.05) is 25.3 Å². The van der Waals surface area contributed by atoms with Crippen LogP contribution in [0.15, 0.2) is 24.3 Å². The number of rotatable bonds is 9. The third-order valence-corrected chi connectivity index (χ3v) is 3.97. The number of aliphatic hydroxyl groups excluding tert-OH is 1. The number of aliphatic hydroxyl groups is 1. The minimum Gasteiger partial charge on any atom is -0.396 e. The Hall–Kier alpha value is -1.00. The highest BCUT2D eigenvalue weighted by molar-refractivity contribution is 7.99. The zero-order chi connectivity index (χ0) is 13.9. The first-order chi connectivity index (χ1) is 9.24. The van der Waals surface area contributed by atoms with Crippen molar-refractivity contribution in [1.29, 1.82) is 0 Å². The first kappa shape index (κ1) is 16.1. The minimum absolute atomic E-state index is 0.117. The summed E-state index contributed by atoms with van der Waals surface area (Å²) in [7, 11) is 0. The van der Waals surface area contributed by atoms with Crippen LogP contribution in [0.3, 0.4) is 0 Å². The van der Waals surface area contributed by atoms with Crippen molar-refractivity contribution < 1.29 is 9.90 Å². The average Bonchev–Trinajstić information content (AvgIpc) is 2.42. The summed E-state index contributed by atoms with van der Waals surface area (Å²) in [5.41, 5.74) is 2.49. The van der Waals surface area contributed by atoms with E-state index in [1.54, 1.807) is 11.8 Å². The summed E-state index contributed by atoms with van der Waals surface area (Å²) in [6.07, 6.45) is 2.17. The maximum Gasteiger partial charge on any atom is 0.220 e. The molecule has 2 N–H and O–H groups in total. The van der Waals surface area contributed by atoms with E-state index >= 15 is 0 Å². The molecule has 19 heavy (non-hydrogen) atoms. The number of thioether (sulfide) groups is 1. The Morgan fingerprint density at radius 1 is 1.32 bits per heavy atom. The third-order valence-electron chi connectivity index (χ3n) is 2.90. The first-order valence-electron chi connectivity index (χ1n) is 6.74. The number of hydrogen-bond acceptors (Lipinski definition) is 3. The lowest BCUT2D eigenvalue weighted by molar-refractivity contribution is -0.120. The maximum absolute atomic E-state index is 11.7. The van der Waals surface area contributed by atoms with Crippen molar-refractivity contribution in [2.45, 2.75) is 26.2 Å². The molecule has 0 saturated carbocycles. The number of carbonyl (C=O) groups excluding carboxylic acids is 1. The van der Waals surface area contributed by atoms with Crippen molar-refractivity contribution in [1.82, 2.24) is 5.32 Å². The minimum atomic E-state index is 0.117. The second-order valence-corrected chi connectivity index (χ2v) is 5.69. The second kappa shape index (κ2) is 9.87. The van der Waals surface area contributed by atoms with Gasteiger partial charge in [-0.1, -0.05) is 24.3 Å². The molecule has 0 heterocycles. The van der Waals surface area contributed by atoms with Gasteiger partial charge in [-0.25, -0.2) is 0 Å². The van der Waals surface area contributed by atoms with Crippen molar-refractivity contribution in [2.75, 3.05) is 24.7 Å². The van der Waals surface area contributed by atoms with E-state index in [1.807, 2.05) is 12.1 Å². The average molecular weight is 281 g/mol. The van der Waals surface area contributed by atoms with Crippen LogP contribution in [0.1, 0.15) is 24.0 Å². The van der Waals surface area contributed by atoms with Gasteiger partial charge < -0.3 is 10.4 Å². The fourth-order valence-corrected chi connectivity index (χ4v) is 2.54. The van der Waals surface area contributed by atoms with Crippen molar-refractivity contribution in [3.63, 3.8) is 0 Å². The van der Waals surface area contributed by atoms with Gasteiger partial charge in [0.25, 0.3) is 0 Å². The van der Waals surface area contributed by atoms with E-state index in [2.05, 4.69) is 24.4 Å². The lowest BCUT2D eigenvalue weighted by Crippen LogP contribution is -2.26. The van der Waals surface area contributed by atoms with Crippen LogP contribution in [0.4, 0.5) is 0 Å². The quantitative estimate of drug-likeness (QED) is 0.682. The molecule has 0 aliphatic rings. The van der Waals surface area contributed by atoms with Crippen LogP contribution >= 0.6 is 11.8 Å². The van der Waals surface area contributed by atoms with E-state index in [1.165, 1.54) is 11.1 Å². The van der Waals surface area contributed by atoms with E-state index in [9.17, 15) is 4.79 Å². The normalized spacial score (nSPS) is 10.4. The van der Waals surface area contributed by atoms with E-state index in [0.29, 0.717) is 13.0 Å². The van der Waals surface area contributed by atoms with Crippen molar-refractivity contribution in [3.8, 4) is 0 Å². The molecule has 0 aliphatic carbocycles. The summed E-state index contributed by atoms with van der Waals surface area (Å²) < 4.78 is 0. The van der Waals surface area contributed by atoms with E-state index < -0.39 is 0 Å². The third kappa shape index (κ3) is 7.23. The summed E-state index contributed by atoms with van der Waals surface area (Å²) in [5, 5.41) is 11.6. The molecular formula is C15H23NO2S. The molecule has 3 nitrogen and oxygen atoms in total. The lowest BCUT2D eigenvalue weighted by Gasteiger charge is -2.07. The molecular weight excluding hydrogens is 258 g/mol. The fourth-order valence-electron chi connectivity index (χ4n) is 1.76. The highest BCUT2D eigenvalue weighted by Crippen LogP contribution is 2.09. The van der Waals surface area contributed by atoms with Crippen LogP contribution in [0.5, 0.6) is 0 Å². The SMILES string of the molecule is Cc1ccccc1CCC(=O)NCCSCCCO.